The summed E-state index contributed by atoms with van der Waals surface area (Å²) < 4.78 is 69.4. The van der Waals surface area contributed by atoms with Crippen molar-refractivity contribution in [1.29, 1.82) is 0 Å². The van der Waals surface area contributed by atoms with E-state index >= 15 is 0 Å². The molecule has 2 unspecified atom stereocenters. The van der Waals surface area contributed by atoms with E-state index in [1.165, 1.54) is 29.8 Å². The van der Waals surface area contributed by atoms with Crippen molar-refractivity contribution in [2.75, 3.05) is 0 Å². The van der Waals surface area contributed by atoms with Gasteiger partial charge in [-0.2, -0.15) is 17.9 Å². The van der Waals surface area contributed by atoms with Crippen molar-refractivity contribution < 1.29 is 31.1 Å². The molecular weight excluding hydrogens is 331 g/mol. The Morgan fingerprint density at radius 3 is 2.29 bits per heavy atom. The molecule has 0 amide bonds. The van der Waals surface area contributed by atoms with Crippen LogP contribution in [-0.4, -0.2) is 30.9 Å². The van der Waals surface area contributed by atoms with Crippen molar-refractivity contribution in [1.82, 2.24) is 4.72 Å². The fraction of sp³-hybridized carbons (Fsp3) is 0.364. The molecule has 5 nitrogen and oxygen atoms in total. The van der Waals surface area contributed by atoms with Crippen LogP contribution in [0.25, 0.3) is 0 Å². The van der Waals surface area contributed by atoms with Gasteiger partial charge in [0, 0.05) is 0 Å². The summed E-state index contributed by atoms with van der Waals surface area (Å²) in [5.41, 5.74) is 0. The highest BCUT2D eigenvalue weighted by Crippen LogP contribution is 2.48. The lowest BCUT2D eigenvalue weighted by molar-refractivity contribution is -0.233. The average Bonchev–Trinajstić information content (AvgIpc) is 2.65. The van der Waals surface area contributed by atoms with E-state index in [9.17, 15) is 26.4 Å². The number of sulfonamides is 1. The van der Waals surface area contributed by atoms with Gasteiger partial charge in [0.25, 0.3) is 0 Å². The number of carbonyl (C=O) groups is 1. The highest BCUT2D eigenvalue weighted by Gasteiger charge is 2.66. The minimum Gasteiger partial charge on any atom is -0.422 e. The van der Waals surface area contributed by atoms with Gasteiger partial charge in [0.05, 0.1) is 4.90 Å². The molecule has 1 aromatic carbocycles. The van der Waals surface area contributed by atoms with Gasteiger partial charge in [-0.3, -0.25) is 4.79 Å². The monoisotopic (exact) mass is 341 g/mol. The molecule has 0 aliphatic carbocycles. The second-order valence-electron chi connectivity index (χ2n) is 4.21. The van der Waals surface area contributed by atoms with Gasteiger partial charge in [0.2, 0.25) is 10.0 Å². The van der Waals surface area contributed by atoms with E-state index in [1.54, 1.807) is 0 Å². The fourth-order valence-corrected chi connectivity index (χ4v) is 4.18. The average molecular weight is 341 g/mol. The predicted octanol–water partition coefficient (Wildman–Crippen LogP) is 1.86. The summed E-state index contributed by atoms with van der Waals surface area (Å²) in [4.78, 5) is 10.9. The van der Waals surface area contributed by atoms with Crippen molar-refractivity contribution in [2.45, 2.75) is 28.3 Å². The first-order chi connectivity index (χ1) is 9.57. The zero-order valence-electron chi connectivity index (χ0n) is 10.5. The number of halogens is 3. The number of carbonyl (C=O) groups excluding carboxylic acids is 1. The molecule has 116 valence electrons. The highest BCUT2D eigenvalue weighted by atomic mass is 32.2. The van der Waals surface area contributed by atoms with Crippen molar-refractivity contribution in [3.8, 4) is 0 Å². The molecule has 0 spiro atoms. The largest absolute Gasteiger partial charge is 0.455 e. The number of esters is 1. The molecule has 0 saturated carbocycles. The molecule has 1 aliphatic rings. The van der Waals surface area contributed by atoms with Crippen LogP contribution in [0.1, 0.15) is 6.92 Å². The Kier molecular flexibility index (Phi) is 3.98. The first-order valence-corrected chi connectivity index (χ1v) is 8.00. The van der Waals surface area contributed by atoms with E-state index in [0.29, 0.717) is 0 Å². The molecule has 1 aliphatic heterocycles. The van der Waals surface area contributed by atoms with E-state index in [2.05, 4.69) is 4.74 Å². The summed E-state index contributed by atoms with van der Waals surface area (Å²) in [7, 11) is -4.50. The number of hydrogen-bond donors (Lipinski definition) is 1. The molecule has 0 radical (unpaired) electrons. The minimum absolute atomic E-state index is 0.0625. The zero-order chi connectivity index (χ0) is 15.9. The Bertz CT molecular complexity index is 647. The van der Waals surface area contributed by atoms with E-state index in [1.807, 2.05) is 0 Å². The van der Waals surface area contributed by atoms with E-state index in [-0.39, 0.29) is 16.7 Å². The number of nitrogens with one attached hydrogen (secondary N) is 1. The first-order valence-electron chi connectivity index (χ1n) is 5.64. The number of alkyl halides is 3. The standard InChI is InChI=1S/C11H10F3NO4S2/c1-7-9(16)19-11(20-7,10(12,13)14)15-21(17,18)8-5-3-2-4-6-8/h2-7,15H,1H3. The summed E-state index contributed by atoms with van der Waals surface area (Å²) in [6.07, 6.45) is -5.10. The second-order valence-corrected chi connectivity index (χ2v) is 7.41. The van der Waals surface area contributed by atoms with Crippen LogP contribution in [-0.2, 0) is 19.6 Å². The Hall–Kier alpha value is -1.26. The van der Waals surface area contributed by atoms with Gasteiger partial charge in [-0.15, -0.1) is 0 Å². The summed E-state index contributed by atoms with van der Waals surface area (Å²) in [6.45, 7) is 1.21. The third-order valence-electron chi connectivity index (χ3n) is 2.61. The molecule has 0 aromatic heterocycles. The molecule has 1 aromatic rings. The van der Waals surface area contributed by atoms with Crippen LogP contribution in [0.15, 0.2) is 35.2 Å². The van der Waals surface area contributed by atoms with Crippen LogP contribution in [0.2, 0.25) is 0 Å². The third kappa shape index (κ3) is 3.01. The van der Waals surface area contributed by atoms with E-state index in [0.717, 1.165) is 12.1 Å². The second kappa shape index (κ2) is 5.18. The van der Waals surface area contributed by atoms with Crippen molar-refractivity contribution >= 4 is 27.8 Å². The maximum atomic E-state index is 13.2. The molecule has 0 bridgehead atoms. The molecule has 1 heterocycles. The van der Waals surface area contributed by atoms with Gasteiger partial charge < -0.3 is 4.74 Å². The summed E-state index contributed by atoms with van der Waals surface area (Å²) >= 11 is 0.0625. The van der Waals surface area contributed by atoms with Gasteiger partial charge >= 0.3 is 17.2 Å². The molecule has 21 heavy (non-hydrogen) atoms. The Balaban J connectivity index is 2.40. The van der Waals surface area contributed by atoms with Crippen molar-refractivity contribution in [2.24, 2.45) is 0 Å². The van der Waals surface area contributed by atoms with Crippen LogP contribution in [0.3, 0.4) is 0 Å². The molecule has 2 atom stereocenters. The van der Waals surface area contributed by atoms with Gasteiger partial charge in [-0.25, -0.2) is 8.42 Å². The molecular formula is C11H10F3NO4S2. The first kappa shape index (κ1) is 16.1. The lowest BCUT2D eigenvalue weighted by atomic mass is 10.4. The molecule has 2 rings (SSSR count). The maximum absolute atomic E-state index is 13.2. The van der Waals surface area contributed by atoms with E-state index in [4.69, 9.17) is 0 Å². The van der Waals surface area contributed by atoms with Crippen molar-refractivity contribution in [3.05, 3.63) is 30.3 Å². The number of benzene rings is 1. The Labute approximate surface area is 122 Å². The Morgan fingerprint density at radius 1 is 1.29 bits per heavy atom. The summed E-state index contributed by atoms with van der Waals surface area (Å²) in [6, 6.07) is 6.52. The molecule has 1 saturated heterocycles. The number of thioether (sulfide) groups is 1. The number of rotatable bonds is 3. The van der Waals surface area contributed by atoms with Gasteiger partial charge in [-0.05, 0) is 19.1 Å². The molecule has 1 fully saturated rings. The lowest BCUT2D eigenvalue weighted by Crippen LogP contribution is -2.56. The minimum atomic E-state index is -5.10. The summed E-state index contributed by atoms with van der Waals surface area (Å²) in [5, 5.41) is -4.44. The van der Waals surface area contributed by atoms with Gasteiger partial charge in [0.1, 0.15) is 5.25 Å². The van der Waals surface area contributed by atoms with Crippen LogP contribution >= 0.6 is 11.8 Å². The lowest BCUT2D eigenvalue weighted by Gasteiger charge is -2.29. The quantitative estimate of drug-likeness (QED) is 0.850. The third-order valence-corrected chi connectivity index (χ3v) is 5.49. The van der Waals surface area contributed by atoms with Crippen LogP contribution in [0.4, 0.5) is 13.2 Å². The fourth-order valence-electron chi connectivity index (χ4n) is 1.61. The van der Waals surface area contributed by atoms with E-state index < -0.39 is 32.5 Å². The molecule has 10 heteroatoms. The highest BCUT2D eigenvalue weighted by molar-refractivity contribution is 8.03. The SMILES string of the molecule is CC1SC(NS(=O)(=O)c2ccccc2)(C(F)(F)F)OC1=O. The van der Waals surface area contributed by atoms with Crippen LogP contribution in [0, 0.1) is 0 Å². The van der Waals surface area contributed by atoms with Crippen LogP contribution < -0.4 is 4.72 Å². The number of hydrogen-bond acceptors (Lipinski definition) is 5. The topological polar surface area (TPSA) is 72.5 Å². The van der Waals surface area contributed by atoms with Gasteiger partial charge in [0.15, 0.2) is 0 Å². The number of ether oxygens (including phenoxy) is 1. The maximum Gasteiger partial charge on any atom is 0.455 e. The summed E-state index contributed by atoms with van der Waals surface area (Å²) in [5.74, 6) is -1.13. The predicted molar refractivity (Wildman–Crippen MR) is 68.7 cm³/mol. The van der Waals surface area contributed by atoms with Crippen molar-refractivity contribution in [3.63, 3.8) is 0 Å². The number of cyclic esters (lactones) is 1. The smallest absolute Gasteiger partial charge is 0.422 e. The van der Waals surface area contributed by atoms with Crippen LogP contribution in [0.5, 0.6) is 0 Å². The Morgan fingerprint density at radius 2 is 1.86 bits per heavy atom. The zero-order valence-corrected chi connectivity index (χ0v) is 12.2. The molecule has 1 N–H and O–H groups in total. The van der Waals surface area contributed by atoms with Gasteiger partial charge in [-0.1, -0.05) is 30.0 Å². The normalized spacial score (nSPS) is 26.7.